The van der Waals surface area contributed by atoms with Crippen LogP contribution < -0.4 is 5.32 Å². The fourth-order valence-electron chi connectivity index (χ4n) is 2.43. The Hall–Kier alpha value is -3.75. The lowest BCUT2D eigenvalue weighted by atomic mass is 10.1. The summed E-state index contributed by atoms with van der Waals surface area (Å²) in [6.07, 6.45) is 1.28. The zero-order chi connectivity index (χ0) is 18.8. The maximum Gasteiger partial charge on any atom is 0.329 e. The number of phenols is 1. The molecule has 8 nitrogen and oxygen atoms in total. The van der Waals surface area contributed by atoms with E-state index in [-0.39, 0.29) is 17.8 Å². The molecule has 1 aliphatic rings. The SMILES string of the molecule is O=C1N/C(=C\c2ccc(O)c([N+](=O)[O-])c2)C(=O)N1Cc1ccc(F)cc1. The van der Waals surface area contributed by atoms with E-state index in [9.17, 15) is 29.2 Å². The number of hydrogen-bond acceptors (Lipinski definition) is 5. The normalized spacial score (nSPS) is 15.4. The number of nitrogens with one attached hydrogen (secondary N) is 1. The predicted octanol–water partition coefficient (Wildman–Crippen LogP) is 2.53. The van der Waals surface area contributed by atoms with Gasteiger partial charge in [-0.3, -0.25) is 19.8 Å². The van der Waals surface area contributed by atoms with Gasteiger partial charge in [0.2, 0.25) is 0 Å². The quantitative estimate of drug-likeness (QED) is 0.378. The summed E-state index contributed by atoms with van der Waals surface area (Å²) in [6, 6.07) is 8.30. The molecule has 0 radical (unpaired) electrons. The molecule has 1 heterocycles. The van der Waals surface area contributed by atoms with Gasteiger partial charge in [0.15, 0.2) is 5.75 Å². The number of benzene rings is 2. The molecule has 0 aromatic heterocycles. The Morgan fingerprint density at radius 3 is 2.54 bits per heavy atom. The third-order valence-corrected chi connectivity index (χ3v) is 3.72. The average molecular weight is 357 g/mol. The molecule has 2 aromatic rings. The van der Waals surface area contributed by atoms with Crippen LogP contribution in [0.15, 0.2) is 48.2 Å². The number of aromatic hydroxyl groups is 1. The molecule has 1 fully saturated rings. The number of urea groups is 1. The first-order chi connectivity index (χ1) is 12.3. The minimum absolute atomic E-state index is 0.0436. The highest BCUT2D eigenvalue weighted by molar-refractivity contribution is 6.13. The first kappa shape index (κ1) is 17.1. The van der Waals surface area contributed by atoms with E-state index in [2.05, 4.69) is 5.32 Å². The van der Waals surface area contributed by atoms with Gasteiger partial charge in [-0.2, -0.15) is 0 Å². The number of amides is 3. The number of phenolic OH excluding ortho intramolecular Hbond substituents is 1. The number of rotatable bonds is 4. The second kappa shape index (κ2) is 6.63. The van der Waals surface area contributed by atoms with Gasteiger partial charge in [-0.1, -0.05) is 18.2 Å². The van der Waals surface area contributed by atoms with Gasteiger partial charge in [-0.15, -0.1) is 0 Å². The molecule has 0 bridgehead atoms. The number of hydrogen-bond donors (Lipinski definition) is 2. The highest BCUT2D eigenvalue weighted by atomic mass is 19.1. The van der Waals surface area contributed by atoms with Gasteiger partial charge >= 0.3 is 11.7 Å². The van der Waals surface area contributed by atoms with Crippen molar-refractivity contribution in [3.05, 3.63) is 75.2 Å². The summed E-state index contributed by atoms with van der Waals surface area (Å²) in [5.41, 5.74) is 0.259. The molecule has 2 aromatic carbocycles. The van der Waals surface area contributed by atoms with Crippen molar-refractivity contribution in [1.29, 1.82) is 0 Å². The van der Waals surface area contributed by atoms with Crippen LogP contribution in [0, 0.1) is 15.9 Å². The van der Waals surface area contributed by atoms with Gasteiger partial charge in [0.25, 0.3) is 5.91 Å². The highest BCUT2D eigenvalue weighted by Gasteiger charge is 2.33. The van der Waals surface area contributed by atoms with E-state index in [0.717, 1.165) is 17.0 Å². The van der Waals surface area contributed by atoms with Crippen LogP contribution in [0.3, 0.4) is 0 Å². The second-order valence-corrected chi connectivity index (χ2v) is 5.51. The molecular weight excluding hydrogens is 345 g/mol. The summed E-state index contributed by atoms with van der Waals surface area (Å²) in [5, 5.41) is 22.7. The van der Waals surface area contributed by atoms with Gasteiger partial charge in [-0.05, 0) is 35.4 Å². The topological polar surface area (TPSA) is 113 Å². The summed E-state index contributed by atoms with van der Waals surface area (Å²) >= 11 is 0. The Morgan fingerprint density at radius 1 is 1.19 bits per heavy atom. The van der Waals surface area contributed by atoms with Crippen LogP contribution in [0.25, 0.3) is 6.08 Å². The fraction of sp³-hybridized carbons (Fsp3) is 0.0588. The zero-order valence-corrected chi connectivity index (χ0v) is 13.2. The summed E-state index contributed by atoms with van der Waals surface area (Å²) in [7, 11) is 0. The van der Waals surface area contributed by atoms with Crippen LogP contribution in [0.5, 0.6) is 5.75 Å². The fourth-order valence-corrected chi connectivity index (χ4v) is 2.43. The molecule has 26 heavy (non-hydrogen) atoms. The van der Waals surface area contributed by atoms with E-state index in [1.807, 2.05) is 0 Å². The predicted molar refractivity (Wildman–Crippen MR) is 88.2 cm³/mol. The monoisotopic (exact) mass is 357 g/mol. The van der Waals surface area contributed by atoms with Crippen LogP contribution in [-0.2, 0) is 11.3 Å². The smallest absolute Gasteiger partial charge is 0.329 e. The Kier molecular flexibility index (Phi) is 4.36. The first-order valence-corrected chi connectivity index (χ1v) is 7.41. The molecule has 3 amide bonds. The molecule has 1 saturated heterocycles. The van der Waals surface area contributed by atoms with Crippen molar-refractivity contribution in [3.63, 3.8) is 0 Å². The van der Waals surface area contributed by atoms with Crippen molar-refractivity contribution in [2.24, 2.45) is 0 Å². The maximum absolute atomic E-state index is 12.9. The average Bonchev–Trinajstić information content (AvgIpc) is 2.85. The van der Waals surface area contributed by atoms with Gasteiger partial charge in [0.1, 0.15) is 11.5 Å². The van der Waals surface area contributed by atoms with Gasteiger partial charge in [-0.25, -0.2) is 9.18 Å². The maximum atomic E-state index is 12.9. The number of nitro benzene ring substituents is 1. The minimum Gasteiger partial charge on any atom is -0.502 e. The lowest BCUT2D eigenvalue weighted by Crippen LogP contribution is -2.30. The standard InChI is InChI=1S/C17H12FN3O5/c18-12-4-1-10(2-5-12)9-20-16(23)13(19-17(20)24)7-11-3-6-15(22)14(8-11)21(25)26/h1-8,22H,9H2,(H,19,24)/b13-7-. The largest absolute Gasteiger partial charge is 0.502 e. The molecule has 3 rings (SSSR count). The molecule has 132 valence electrons. The van der Waals surface area contributed by atoms with E-state index < -0.39 is 34.1 Å². The van der Waals surface area contributed by atoms with Crippen molar-refractivity contribution >= 4 is 23.7 Å². The van der Waals surface area contributed by atoms with E-state index in [1.54, 1.807) is 0 Å². The van der Waals surface area contributed by atoms with Crippen molar-refractivity contribution in [2.75, 3.05) is 0 Å². The summed E-state index contributed by atoms with van der Waals surface area (Å²) in [4.78, 5) is 35.5. The van der Waals surface area contributed by atoms with E-state index in [0.29, 0.717) is 5.56 Å². The molecule has 0 saturated carbocycles. The van der Waals surface area contributed by atoms with Gasteiger partial charge < -0.3 is 10.4 Å². The summed E-state index contributed by atoms with van der Waals surface area (Å²) < 4.78 is 12.9. The van der Waals surface area contributed by atoms with Gasteiger partial charge in [0.05, 0.1) is 11.5 Å². The number of nitrogens with zero attached hydrogens (tertiary/aromatic N) is 2. The summed E-state index contributed by atoms with van der Waals surface area (Å²) in [5.74, 6) is -1.55. The minimum atomic E-state index is -0.757. The molecule has 1 aliphatic heterocycles. The Balaban J connectivity index is 1.84. The van der Waals surface area contributed by atoms with Crippen LogP contribution in [0.2, 0.25) is 0 Å². The van der Waals surface area contributed by atoms with Crippen LogP contribution in [-0.4, -0.2) is 26.9 Å². The third-order valence-electron chi connectivity index (χ3n) is 3.72. The molecule has 9 heteroatoms. The number of carbonyl (C=O) groups is 2. The lowest BCUT2D eigenvalue weighted by molar-refractivity contribution is -0.385. The molecule has 0 spiro atoms. The molecular formula is C17H12FN3O5. The Bertz CT molecular complexity index is 940. The molecule has 2 N–H and O–H groups in total. The van der Waals surface area contributed by atoms with Gasteiger partial charge in [0, 0.05) is 6.07 Å². The van der Waals surface area contributed by atoms with Crippen molar-refractivity contribution in [2.45, 2.75) is 6.54 Å². The number of imide groups is 1. The number of halogens is 1. The van der Waals surface area contributed by atoms with E-state index in [4.69, 9.17) is 0 Å². The van der Waals surface area contributed by atoms with Crippen LogP contribution in [0.1, 0.15) is 11.1 Å². The molecule has 0 unspecified atom stereocenters. The number of nitro groups is 1. The van der Waals surface area contributed by atoms with Crippen LogP contribution in [0.4, 0.5) is 14.9 Å². The van der Waals surface area contributed by atoms with Crippen LogP contribution >= 0.6 is 0 Å². The lowest BCUT2D eigenvalue weighted by Gasteiger charge is -2.11. The van der Waals surface area contributed by atoms with Crippen molar-refractivity contribution < 1.29 is 24.0 Å². The van der Waals surface area contributed by atoms with E-state index in [1.165, 1.54) is 36.4 Å². The van der Waals surface area contributed by atoms with Crippen molar-refractivity contribution in [1.82, 2.24) is 10.2 Å². The molecule has 0 atom stereocenters. The van der Waals surface area contributed by atoms with E-state index >= 15 is 0 Å². The highest BCUT2D eigenvalue weighted by Crippen LogP contribution is 2.27. The van der Waals surface area contributed by atoms with Crippen molar-refractivity contribution in [3.8, 4) is 5.75 Å². The number of carbonyl (C=O) groups excluding carboxylic acids is 2. The zero-order valence-electron chi connectivity index (χ0n) is 13.2. The first-order valence-electron chi connectivity index (χ1n) is 7.41. The Morgan fingerprint density at radius 2 is 1.88 bits per heavy atom. The third kappa shape index (κ3) is 3.36. The molecule has 0 aliphatic carbocycles. The summed E-state index contributed by atoms with van der Waals surface area (Å²) in [6.45, 7) is -0.0436. The Labute approximate surface area is 146 Å². The second-order valence-electron chi connectivity index (χ2n) is 5.51.